The smallest absolute Gasteiger partial charge is 0.267 e. The lowest BCUT2D eigenvalue weighted by Crippen LogP contribution is -2.20. The predicted octanol–water partition coefficient (Wildman–Crippen LogP) is 16.9. The average Bonchev–Trinajstić information content (AvgIpc) is 1.09. The average molecular weight is 1820 g/mol. The Morgan fingerprint density at radius 2 is 0.583 bits per heavy atom. The summed E-state index contributed by atoms with van der Waals surface area (Å²) in [6, 6.07) is 5.48. The van der Waals surface area contributed by atoms with Gasteiger partial charge >= 0.3 is 0 Å². The van der Waals surface area contributed by atoms with Gasteiger partial charge in [-0.2, -0.15) is 0 Å². The van der Waals surface area contributed by atoms with E-state index in [0.717, 1.165) is 46.3 Å². The van der Waals surface area contributed by atoms with E-state index < -0.39 is 260 Å². The quantitative estimate of drug-likeness (QED) is 0.0260. The summed E-state index contributed by atoms with van der Waals surface area (Å²) in [5.41, 5.74) is -7.71. The van der Waals surface area contributed by atoms with Crippen LogP contribution in [0.4, 0.5) is 46.3 Å². The third-order valence-electron chi connectivity index (χ3n) is 16.3. The number of hydrogen-bond donors (Lipinski definition) is 8. The Morgan fingerprint density at radius 3 is 0.825 bits per heavy atom. The maximum absolute atomic E-state index is 13.4. The van der Waals surface area contributed by atoms with Gasteiger partial charge in [0.25, 0.3) is 63.7 Å². The van der Waals surface area contributed by atoms with Gasteiger partial charge in [-0.15, -0.1) is 45.3 Å². The Bertz CT molecular complexity index is 8070. The van der Waals surface area contributed by atoms with Crippen LogP contribution in [0.1, 0.15) is 244 Å². The van der Waals surface area contributed by atoms with E-state index in [1.165, 1.54) is 75.9 Å². The molecule has 8 aromatic heterocycles. The van der Waals surface area contributed by atoms with Crippen LogP contribution in [0, 0.1) is 110 Å². The Hall–Kier alpha value is -11.9. The normalized spacial score (nSPS) is 16.6. The number of carbonyl (C=O) groups excluding carboxylic acids is 8. The Labute approximate surface area is 755 Å². The van der Waals surface area contributed by atoms with E-state index in [0.29, 0.717) is 68.4 Å². The molecule has 8 heterocycles. The Morgan fingerprint density at radius 1 is 0.325 bits per heavy atom. The number of amides is 4. The van der Waals surface area contributed by atoms with Gasteiger partial charge in [0, 0.05) is 85.6 Å². The lowest BCUT2D eigenvalue weighted by Gasteiger charge is -2.14. The van der Waals surface area contributed by atoms with Crippen LogP contribution in [0.2, 0.25) is 0 Å². The SMILES string of the molecule is [2H]c1c(C([2H])([2H])[2H])cc(C([2H])([2H])[2H])c(NC(=O)c2sccc2S(=O)(=O)Nc2onc(C)c2C([2H])([2H])[2H])c1C(=O)C([2H])([2H])[2H].[2H]c1c(C([2H])([2H])[2H])cc(C([2H])([2H])[2H])c(NC(=O)c2sccc2S(=O)(=O)Nc2onc(C)c2C)c1C(=O)C([2H])([2H])[2H].[2H]c1c(C)cc(C(=O)C([2H])([2H])[2H])c(NC(=O)c2sccc2S(=O)(=O)Nc2onc(C)c2C([2H])([2H])[2H])c1C.[2H]c1c(C)cc(C(=O)C([2H])([2H])[2H])c(NC(=O)c2sccc2S(=O)(=O)Nc2onc(C)c2C)c1C. The summed E-state index contributed by atoms with van der Waals surface area (Å²) < 4.78 is 394. The second kappa shape index (κ2) is 37.2. The van der Waals surface area contributed by atoms with Crippen LogP contribution in [0.15, 0.2) is 132 Å². The fraction of sp³-hybridized carbons (Fsp3) is 0.250. The molecule has 0 radical (unpaired) electrons. The van der Waals surface area contributed by atoms with Gasteiger partial charge < -0.3 is 39.4 Å². The molecule has 632 valence electrons. The summed E-state index contributed by atoms with van der Waals surface area (Å²) in [6.07, 6.45) is 0. The number of sulfonamides is 4. The molecule has 0 unspecified atom stereocenters. The molecule has 0 spiro atoms. The number of rotatable bonds is 24. The maximum atomic E-state index is 13.4. The first kappa shape index (κ1) is 55.0. The van der Waals surface area contributed by atoms with Crippen LogP contribution in [0.5, 0.6) is 0 Å². The number of nitrogens with one attached hydrogen (secondary N) is 8. The molecule has 40 heteroatoms. The van der Waals surface area contributed by atoms with E-state index in [1.54, 1.807) is 27.7 Å². The molecule has 4 aromatic carbocycles. The van der Waals surface area contributed by atoms with E-state index in [4.69, 9.17) is 64.7 Å². The van der Waals surface area contributed by atoms with Gasteiger partial charge in [0.1, 0.15) is 39.1 Å². The van der Waals surface area contributed by atoms with Gasteiger partial charge in [0.05, 0.1) is 51.0 Å². The van der Waals surface area contributed by atoms with Crippen molar-refractivity contribution in [3.63, 3.8) is 0 Å². The first-order valence-corrected chi connectivity index (χ1v) is 42.5. The minimum absolute atomic E-state index is 0.00856. The molecule has 0 saturated carbocycles. The van der Waals surface area contributed by atoms with Crippen molar-refractivity contribution in [2.24, 2.45) is 0 Å². The molecule has 32 nitrogen and oxygen atoms in total. The van der Waals surface area contributed by atoms with Crippen LogP contribution in [-0.2, 0) is 40.1 Å². The largest absolute Gasteiger partial charge is 0.337 e. The van der Waals surface area contributed by atoms with Crippen LogP contribution >= 0.6 is 45.3 Å². The van der Waals surface area contributed by atoms with Gasteiger partial charge in [0.15, 0.2) is 23.1 Å². The van der Waals surface area contributed by atoms with Crippen LogP contribution in [-0.4, -0.2) is 101 Å². The highest BCUT2D eigenvalue weighted by atomic mass is 32.2. The Balaban J connectivity index is 0.000000228. The summed E-state index contributed by atoms with van der Waals surface area (Å²) in [5.74, 6) is -12.3. The van der Waals surface area contributed by atoms with E-state index in [1.807, 2.05) is 14.8 Å². The van der Waals surface area contributed by atoms with Gasteiger partial charge in [0.2, 0.25) is 23.5 Å². The molecular weight excluding hydrogens is 1710 g/mol. The number of aromatic nitrogens is 4. The topological polar surface area (TPSA) is 473 Å². The van der Waals surface area contributed by atoms with Gasteiger partial charge in [-0.25, -0.2) is 52.6 Å². The van der Waals surface area contributed by atoms with Crippen molar-refractivity contribution in [3.05, 3.63) is 226 Å². The number of anilines is 8. The van der Waals surface area contributed by atoms with E-state index >= 15 is 0 Å². The number of ketones is 4. The molecule has 120 heavy (non-hydrogen) atoms. The summed E-state index contributed by atoms with van der Waals surface area (Å²) >= 11 is 2.70. The highest BCUT2D eigenvalue weighted by Gasteiger charge is 2.33. The van der Waals surface area contributed by atoms with Crippen molar-refractivity contribution < 1.29 is 137 Å². The van der Waals surface area contributed by atoms with Crippen molar-refractivity contribution in [3.8, 4) is 0 Å². The minimum Gasteiger partial charge on any atom is -0.337 e. The monoisotopic (exact) mass is 1820 g/mol. The summed E-state index contributed by atoms with van der Waals surface area (Å²) in [7, 11) is -18.1. The number of aryl methyl sites for hydroxylation is 10. The van der Waals surface area contributed by atoms with Crippen molar-refractivity contribution in [1.82, 2.24) is 20.6 Å². The molecule has 12 aromatic rings. The number of carbonyl (C=O) groups is 8. The molecule has 0 fully saturated rings. The fourth-order valence-electron chi connectivity index (χ4n) is 10.2. The molecule has 0 bridgehead atoms. The minimum atomic E-state index is -4.79. The van der Waals surface area contributed by atoms with Crippen LogP contribution in [0.3, 0.4) is 0 Å². The van der Waals surface area contributed by atoms with E-state index in [2.05, 4.69) is 46.0 Å². The van der Waals surface area contributed by atoms with Gasteiger partial charge in [-0.05, 0) is 252 Å². The second-order valence-corrected chi connectivity index (χ2v) is 35.1. The zero-order chi connectivity index (χ0) is 117. The number of Topliss-reactive ketones (excluding diaryl/α,β-unsaturated/α-hetero) is 4. The molecule has 4 amide bonds. The first-order valence-electron chi connectivity index (χ1n) is 50.1. The van der Waals surface area contributed by atoms with E-state index in [9.17, 15) is 72.0 Å². The van der Waals surface area contributed by atoms with Gasteiger partial charge in [-0.1, -0.05) is 44.8 Å². The molecule has 0 atom stereocenters. The highest BCUT2D eigenvalue weighted by Crippen LogP contribution is 2.36. The summed E-state index contributed by atoms with van der Waals surface area (Å²) in [5, 5.41) is 28.2. The van der Waals surface area contributed by atoms with Crippen molar-refractivity contribution in [2.75, 3.05) is 40.2 Å². The molecule has 8 N–H and O–H groups in total. The standard InChI is InChI=1S/4C20H21N3O5S2/c4*1-10-8-11(2)17(15(9-10)14(5)24)21-19(25)18-16(6-7-29-18)30(26,27)23-20-12(3)13(4)22-28-20/h4*6-9,23H,1-5H3,(H,21,25)/i1D3,2D3,3D3,5D3,9D;1D3,2D3,5D3,9D;3D3,5D3,8D;5D3,8D. The fourth-order valence-corrected chi connectivity index (χ4v) is 19.6. The zero-order valence-corrected chi connectivity index (χ0v) is 69.7. The highest BCUT2D eigenvalue weighted by molar-refractivity contribution is 7.94. The first-order chi connectivity index (χ1) is 69.9. The number of benzene rings is 4. The third kappa shape index (κ3) is 21.0. The Kier molecular flexibility index (Phi) is 17.0. The van der Waals surface area contributed by atoms with Crippen molar-refractivity contribution >= 4 is 178 Å². The summed E-state index contributed by atoms with van der Waals surface area (Å²) in [6.45, 7) is -16.4. The molecule has 0 aliphatic heterocycles. The summed E-state index contributed by atoms with van der Waals surface area (Å²) in [4.78, 5) is 100.0. The number of nitrogens with zero attached hydrogens (tertiary/aromatic N) is 4. The van der Waals surface area contributed by atoms with Crippen LogP contribution < -0.4 is 40.2 Å². The lowest BCUT2D eigenvalue weighted by molar-refractivity contribution is 0.100. The van der Waals surface area contributed by atoms with Crippen molar-refractivity contribution in [1.29, 1.82) is 0 Å². The molecule has 0 saturated heterocycles. The second-order valence-electron chi connectivity index (χ2n) is 24.8. The lowest BCUT2D eigenvalue weighted by atomic mass is 10.0. The zero-order valence-electron chi connectivity index (χ0n) is 97.1. The number of hydrogen-bond acceptors (Lipinski definition) is 28. The van der Waals surface area contributed by atoms with Crippen molar-refractivity contribution in [2.45, 2.75) is 157 Å². The van der Waals surface area contributed by atoms with Crippen LogP contribution in [0.25, 0.3) is 0 Å². The molecule has 0 aliphatic carbocycles. The van der Waals surface area contributed by atoms with E-state index in [-0.39, 0.29) is 83.5 Å². The molecule has 12 rings (SSSR count). The molecular formula is C80H84N12O20S8. The third-order valence-corrected chi connectivity index (χ3v) is 25.9. The van der Waals surface area contributed by atoms with Gasteiger partial charge in [-0.3, -0.25) is 38.4 Å². The predicted molar refractivity (Wildman–Crippen MR) is 460 cm³/mol. The molecule has 0 aliphatic rings. The number of thiophene rings is 4. The maximum Gasteiger partial charge on any atom is 0.267 e.